The Bertz CT molecular complexity index is 408. The highest BCUT2D eigenvalue weighted by Crippen LogP contribution is 2.32. The Balaban J connectivity index is 2.38. The summed E-state index contributed by atoms with van der Waals surface area (Å²) in [4.78, 5) is 0. The van der Waals surface area contributed by atoms with Crippen molar-refractivity contribution in [2.24, 2.45) is 0 Å². The SMILES string of the molecule is CCOc1cc(Cl)c(CCCCCNC(C)C)cc1Cl. The Morgan fingerprint density at radius 1 is 1.10 bits per heavy atom. The number of hydrogen-bond acceptors (Lipinski definition) is 2. The predicted molar refractivity (Wildman–Crippen MR) is 88.3 cm³/mol. The minimum absolute atomic E-state index is 0.564. The fourth-order valence-corrected chi connectivity index (χ4v) is 2.52. The first-order chi connectivity index (χ1) is 9.54. The van der Waals surface area contributed by atoms with E-state index in [1.54, 1.807) is 0 Å². The van der Waals surface area contributed by atoms with Gasteiger partial charge in [0.2, 0.25) is 0 Å². The zero-order chi connectivity index (χ0) is 15.0. The Morgan fingerprint density at radius 3 is 2.50 bits per heavy atom. The molecule has 0 unspecified atom stereocenters. The third-order valence-electron chi connectivity index (χ3n) is 3.08. The van der Waals surface area contributed by atoms with Crippen LogP contribution in [0.25, 0.3) is 0 Å². The van der Waals surface area contributed by atoms with E-state index in [-0.39, 0.29) is 0 Å². The van der Waals surface area contributed by atoms with Crippen molar-refractivity contribution in [2.75, 3.05) is 13.2 Å². The van der Waals surface area contributed by atoms with Crippen LogP contribution in [0.3, 0.4) is 0 Å². The highest BCUT2D eigenvalue weighted by Gasteiger charge is 2.08. The number of ether oxygens (including phenoxy) is 1. The normalized spacial score (nSPS) is 11.1. The Morgan fingerprint density at radius 2 is 1.85 bits per heavy atom. The molecule has 0 saturated carbocycles. The van der Waals surface area contributed by atoms with Crippen LogP contribution < -0.4 is 10.1 Å². The van der Waals surface area contributed by atoms with Crippen LogP contribution in [-0.4, -0.2) is 19.2 Å². The van der Waals surface area contributed by atoms with Crippen LogP contribution in [0.5, 0.6) is 5.75 Å². The molecule has 0 amide bonds. The smallest absolute Gasteiger partial charge is 0.139 e. The molecular formula is C16H25Cl2NO. The number of unbranched alkanes of at least 4 members (excludes halogenated alkanes) is 2. The standard InChI is InChI=1S/C16H25Cl2NO/c1-4-20-16-11-14(17)13(10-15(16)18)8-6-5-7-9-19-12(2)3/h10-12,19H,4-9H2,1-3H3. The van der Waals surface area contributed by atoms with E-state index in [1.165, 1.54) is 12.8 Å². The molecule has 4 heteroatoms. The topological polar surface area (TPSA) is 21.3 Å². The Labute approximate surface area is 132 Å². The molecule has 1 N–H and O–H groups in total. The monoisotopic (exact) mass is 317 g/mol. The first-order valence-corrected chi connectivity index (χ1v) is 8.14. The van der Waals surface area contributed by atoms with Crippen LogP contribution >= 0.6 is 23.2 Å². The number of nitrogens with one attached hydrogen (secondary N) is 1. The van der Waals surface area contributed by atoms with Crippen LogP contribution in [0.4, 0.5) is 0 Å². The van der Waals surface area contributed by atoms with Gasteiger partial charge < -0.3 is 10.1 Å². The summed E-state index contributed by atoms with van der Waals surface area (Å²) in [7, 11) is 0. The van der Waals surface area contributed by atoms with Gasteiger partial charge in [-0.25, -0.2) is 0 Å². The van der Waals surface area contributed by atoms with Gasteiger partial charge in [-0.05, 0) is 44.4 Å². The van der Waals surface area contributed by atoms with Gasteiger partial charge in [0.25, 0.3) is 0 Å². The van der Waals surface area contributed by atoms with Crippen LogP contribution in [0.1, 0.15) is 45.6 Å². The lowest BCUT2D eigenvalue weighted by atomic mass is 10.1. The fourth-order valence-electron chi connectivity index (χ4n) is 2.04. The van der Waals surface area contributed by atoms with E-state index < -0.39 is 0 Å². The maximum atomic E-state index is 6.27. The van der Waals surface area contributed by atoms with E-state index in [4.69, 9.17) is 27.9 Å². The number of benzene rings is 1. The van der Waals surface area contributed by atoms with E-state index in [9.17, 15) is 0 Å². The number of halogens is 2. The molecule has 0 radical (unpaired) electrons. The van der Waals surface area contributed by atoms with Gasteiger partial charge in [-0.2, -0.15) is 0 Å². The van der Waals surface area contributed by atoms with Gasteiger partial charge in [-0.3, -0.25) is 0 Å². The van der Waals surface area contributed by atoms with Gasteiger partial charge in [0.1, 0.15) is 5.75 Å². The minimum Gasteiger partial charge on any atom is -0.492 e. The molecule has 0 aliphatic carbocycles. The summed E-state index contributed by atoms with van der Waals surface area (Å²) in [5.74, 6) is 0.670. The van der Waals surface area contributed by atoms with Crippen molar-refractivity contribution in [3.8, 4) is 5.75 Å². The van der Waals surface area contributed by atoms with E-state index in [0.717, 1.165) is 30.0 Å². The first kappa shape index (κ1) is 17.6. The Hall–Kier alpha value is -0.440. The summed E-state index contributed by atoms with van der Waals surface area (Å²) in [6.07, 6.45) is 4.48. The molecule has 1 rings (SSSR count). The summed E-state index contributed by atoms with van der Waals surface area (Å²) in [5.41, 5.74) is 1.11. The summed E-state index contributed by atoms with van der Waals surface area (Å²) < 4.78 is 5.43. The molecule has 0 atom stereocenters. The van der Waals surface area contributed by atoms with Crippen LogP contribution in [-0.2, 0) is 6.42 Å². The molecule has 0 heterocycles. The zero-order valence-corrected chi connectivity index (χ0v) is 14.2. The highest BCUT2D eigenvalue weighted by molar-refractivity contribution is 6.34. The average molecular weight is 318 g/mol. The zero-order valence-electron chi connectivity index (χ0n) is 12.6. The number of rotatable bonds is 9. The second-order valence-corrected chi connectivity index (χ2v) is 6.04. The lowest BCUT2D eigenvalue weighted by Gasteiger charge is -2.11. The van der Waals surface area contributed by atoms with E-state index >= 15 is 0 Å². The molecule has 114 valence electrons. The molecule has 0 spiro atoms. The second-order valence-electron chi connectivity index (χ2n) is 5.23. The highest BCUT2D eigenvalue weighted by atomic mass is 35.5. The summed E-state index contributed by atoms with van der Waals surface area (Å²) in [6, 6.07) is 4.32. The van der Waals surface area contributed by atoms with Gasteiger partial charge in [-0.1, -0.05) is 43.5 Å². The van der Waals surface area contributed by atoms with E-state index in [2.05, 4.69) is 19.2 Å². The maximum Gasteiger partial charge on any atom is 0.139 e. The van der Waals surface area contributed by atoms with Gasteiger partial charge in [0.15, 0.2) is 0 Å². The summed E-state index contributed by atoms with van der Waals surface area (Å²) >= 11 is 12.5. The largest absolute Gasteiger partial charge is 0.492 e. The van der Waals surface area contributed by atoms with Crippen molar-refractivity contribution in [1.29, 1.82) is 0 Å². The van der Waals surface area contributed by atoms with Crippen LogP contribution in [0.15, 0.2) is 12.1 Å². The molecule has 0 aliphatic heterocycles. The lowest BCUT2D eigenvalue weighted by molar-refractivity contribution is 0.340. The minimum atomic E-state index is 0.564. The van der Waals surface area contributed by atoms with Gasteiger partial charge in [-0.15, -0.1) is 0 Å². The third kappa shape index (κ3) is 6.34. The van der Waals surface area contributed by atoms with Crippen molar-refractivity contribution < 1.29 is 4.74 Å². The first-order valence-electron chi connectivity index (χ1n) is 7.38. The van der Waals surface area contributed by atoms with Gasteiger partial charge >= 0.3 is 0 Å². The van der Waals surface area contributed by atoms with Crippen molar-refractivity contribution >= 4 is 23.2 Å². The van der Waals surface area contributed by atoms with E-state index in [0.29, 0.717) is 23.4 Å². The van der Waals surface area contributed by atoms with Crippen molar-refractivity contribution in [3.63, 3.8) is 0 Å². The summed E-state index contributed by atoms with van der Waals surface area (Å²) in [6.45, 7) is 7.94. The average Bonchev–Trinajstić information content (AvgIpc) is 2.38. The van der Waals surface area contributed by atoms with E-state index in [1.807, 2.05) is 19.1 Å². The molecule has 0 saturated heterocycles. The van der Waals surface area contributed by atoms with Crippen molar-refractivity contribution in [3.05, 3.63) is 27.7 Å². The molecule has 0 aliphatic rings. The second kappa shape index (κ2) is 9.49. The molecule has 20 heavy (non-hydrogen) atoms. The summed E-state index contributed by atoms with van der Waals surface area (Å²) in [5, 5.41) is 4.82. The Kier molecular flexibility index (Phi) is 8.35. The maximum absolute atomic E-state index is 6.27. The van der Waals surface area contributed by atoms with Crippen LogP contribution in [0.2, 0.25) is 10.0 Å². The molecule has 0 fully saturated rings. The van der Waals surface area contributed by atoms with Gasteiger partial charge in [0.05, 0.1) is 11.6 Å². The quantitative estimate of drug-likeness (QED) is 0.639. The van der Waals surface area contributed by atoms with Crippen molar-refractivity contribution in [2.45, 2.75) is 52.5 Å². The van der Waals surface area contributed by atoms with Crippen LogP contribution in [0, 0.1) is 0 Å². The molecule has 2 nitrogen and oxygen atoms in total. The van der Waals surface area contributed by atoms with Gasteiger partial charge in [0, 0.05) is 17.1 Å². The molecule has 0 bridgehead atoms. The fraction of sp³-hybridized carbons (Fsp3) is 0.625. The molecule has 1 aromatic carbocycles. The molecule has 0 aromatic heterocycles. The predicted octanol–water partition coefficient (Wildman–Crippen LogP) is 5.10. The third-order valence-corrected chi connectivity index (χ3v) is 3.72. The van der Waals surface area contributed by atoms with Crippen molar-refractivity contribution in [1.82, 2.24) is 5.32 Å². The molecular weight excluding hydrogens is 293 g/mol. The lowest BCUT2D eigenvalue weighted by Crippen LogP contribution is -2.23. The number of hydrogen-bond donors (Lipinski definition) is 1. The molecule has 1 aromatic rings. The number of aryl methyl sites for hydroxylation is 1.